The van der Waals surface area contributed by atoms with E-state index in [9.17, 15) is 0 Å². The summed E-state index contributed by atoms with van der Waals surface area (Å²) in [5, 5.41) is 3.62. The van der Waals surface area contributed by atoms with Crippen molar-refractivity contribution in [3.05, 3.63) is 222 Å². The van der Waals surface area contributed by atoms with Gasteiger partial charge in [-0.05, 0) is 120 Å². The molecule has 0 aliphatic carbocycles. The number of benzene rings is 7. The first-order valence-electron chi connectivity index (χ1n) is 20.7. The quantitative estimate of drug-likeness (QED) is 0.123. The maximum atomic E-state index is 4.76. The van der Waals surface area contributed by atoms with Gasteiger partial charge in [-0.2, -0.15) is 0 Å². The molecular formula is C58H45IrN3-2. The molecule has 0 spiro atoms. The molecule has 0 unspecified atom stereocenters. The average Bonchev–Trinajstić information content (AvgIpc) is 3.30. The Kier molecular flexibility index (Phi) is 12.4. The first kappa shape index (κ1) is 41.9. The van der Waals surface area contributed by atoms with Crippen LogP contribution in [0.3, 0.4) is 0 Å². The Morgan fingerprint density at radius 2 is 1.08 bits per heavy atom. The number of hydrogen-bond donors (Lipinski definition) is 0. The van der Waals surface area contributed by atoms with Crippen LogP contribution in [-0.2, 0) is 20.1 Å². The van der Waals surface area contributed by atoms with Crippen molar-refractivity contribution in [2.75, 3.05) is 0 Å². The van der Waals surface area contributed by atoms with Crippen LogP contribution in [0.4, 0.5) is 0 Å². The molecule has 0 fully saturated rings. The molecule has 62 heavy (non-hydrogen) atoms. The molecule has 3 nitrogen and oxygen atoms in total. The van der Waals surface area contributed by atoms with E-state index >= 15 is 0 Å². The van der Waals surface area contributed by atoms with E-state index in [4.69, 9.17) is 9.97 Å². The number of fused-ring (bicyclic) bond motifs is 3. The fourth-order valence-electron chi connectivity index (χ4n) is 8.22. The van der Waals surface area contributed by atoms with E-state index in [1.54, 1.807) is 0 Å². The van der Waals surface area contributed by atoms with Gasteiger partial charge >= 0.3 is 0 Å². The van der Waals surface area contributed by atoms with Gasteiger partial charge in [-0.15, -0.1) is 59.2 Å². The van der Waals surface area contributed by atoms with E-state index in [1.165, 1.54) is 82.9 Å². The third kappa shape index (κ3) is 8.81. The maximum absolute atomic E-state index is 4.76. The number of rotatable bonds is 6. The summed E-state index contributed by atoms with van der Waals surface area (Å²) in [5.74, 6) is 0. The van der Waals surface area contributed by atoms with E-state index in [0.29, 0.717) is 0 Å². The van der Waals surface area contributed by atoms with Gasteiger partial charge in [0, 0.05) is 44.1 Å². The van der Waals surface area contributed by atoms with Crippen molar-refractivity contribution in [3.63, 3.8) is 0 Å². The predicted octanol–water partition coefficient (Wildman–Crippen LogP) is 15.0. The van der Waals surface area contributed by atoms with Gasteiger partial charge in [0.05, 0.1) is 5.52 Å². The normalized spacial score (nSPS) is 10.9. The summed E-state index contributed by atoms with van der Waals surface area (Å²) in [6.07, 6.45) is 5.64. The SMILES string of the molecule is Cc1cc(C)cc(-c2cc(-c3cc(-c4cc(C)c(C)cn4)[c-]cc3C)cc(-c3cc4ncccc4c4ccccc34)c2)c1.[Ir].[c-]1cccc(-c2ccccc2)c1-c1ccccn1. The minimum Gasteiger partial charge on any atom is -0.305 e. The summed E-state index contributed by atoms with van der Waals surface area (Å²) < 4.78 is 0. The Morgan fingerprint density at radius 1 is 0.403 bits per heavy atom. The number of aryl methyl sites for hydroxylation is 5. The largest absolute Gasteiger partial charge is 0.305 e. The summed E-state index contributed by atoms with van der Waals surface area (Å²) in [7, 11) is 0. The van der Waals surface area contributed by atoms with E-state index < -0.39 is 0 Å². The molecule has 0 aliphatic heterocycles. The van der Waals surface area contributed by atoms with E-state index in [1.807, 2.05) is 73.2 Å². The molecule has 3 heterocycles. The van der Waals surface area contributed by atoms with Crippen LogP contribution in [0, 0.1) is 46.8 Å². The van der Waals surface area contributed by atoms with Crippen molar-refractivity contribution in [1.29, 1.82) is 0 Å². The second-order valence-electron chi connectivity index (χ2n) is 15.9. The average molecular weight is 976 g/mol. The van der Waals surface area contributed by atoms with E-state index in [0.717, 1.165) is 33.6 Å². The molecule has 0 saturated carbocycles. The Hall–Kier alpha value is -6.84. The summed E-state index contributed by atoms with van der Waals surface area (Å²) in [5.41, 5.74) is 20.6. The number of aromatic nitrogens is 3. The van der Waals surface area contributed by atoms with Gasteiger partial charge in [-0.1, -0.05) is 137 Å². The minimum absolute atomic E-state index is 0. The molecule has 303 valence electrons. The van der Waals surface area contributed by atoms with Crippen molar-refractivity contribution in [2.24, 2.45) is 0 Å². The summed E-state index contributed by atoms with van der Waals surface area (Å²) >= 11 is 0. The van der Waals surface area contributed by atoms with Crippen LogP contribution in [0.25, 0.3) is 88.7 Å². The van der Waals surface area contributed by atoms with Crippen LogP contribution in [0.1, 0.15) is 27.8 Å². The van der Waals surface area contributed by atoms with Crippen LogP contribution < -0.4 is 0 Å². The Morgan fingerprint density at radius 3 is 1.84 bits per heavy atom. The number of nitrogens with zero attached hydrogens (tertiary/aromatic N) is 3. The van der Waals surface area contributed by atoms with Crippen LogP contribution >= 0.6 is 0 Å². The van der Waals surface area contributed by atoms with Gasteiger partial charge in [0.1, 0.15) is 0 Å². The Bertz CT molecular complexity index is 3110. The zero-order valence-electron chi connectivity index (χ0n) is 35.5. The van der Waals surface area contributed by atoms with Crippen LogP contribution in [-0.4, -0.2) is 15.0 Å². The van der Waals surface area contributed by atoms with Crippen molar-refractivity contribution >= 4 is 21.7 Å². The summed E-state index contributed by atoms with van der Waals surface area (Å²) in [4.78, 5) is 13.9. The fraction of sp³-hybridized carbons (Fsp3) is 0.0862. The summed E-state index contributed by atoms with van der Waals surface area (Å²) in [6, 6.07) is 64.5. The van der Waals surface area contributed by atoms with Crippen LogP contribution in [0.5, 0.6) is 0 Å². The monoisotopic (exact) mass is 976 g/mol. The number of hydrogen-bond acceptors (Lipinski definition) is 3. The smallest absolute Gasteiger partial charge is 0.0714 e. The van der Waals surface area contributed by atoms with Crippen LogP contribution in [0.2, 0.25) is 0 Å². The molecule has 1 radical (unpaired) electrons. The van der Waals surface area contributed by atoms with Gasteiger partial charge in [0.15, 0.2) is 0 Å². The molecule has 3 aromatic heterocycles. The fourth-order valence-corrected chi connectivity index (χ4v) is 8.22. The molecular weight excluding hydrogens is 931 g/mol. The third-order valence-corrected chi connectivity index (χ3v) is 11.4. The van der Waals surface area contributed by atoms with Crippen molar-refractivity contribution in [2.45, 2.75) is 34.6 Å². The standard InChI is InChI=1S/C41H33N2.C17H12N.Ir/c1-25-15-26(2)17-31(16-25)32-19-33(38-22-30(13-12-27(38)3)40-18-28(4)29(5)24-43-40)21-34(20-32)39-23-41-37(11-8-14-42-41)35-9-6-7-10-36(35)39;1-2-8-14(9-3-1)15-10-4-5-11-16(15)17-12-6-7-13-18-17;/h6-12,14-24H,1-5H3;1-10,12-13H;/q2*-1;. The molecule has 4 heteroatoms. The van der Waals surface area contributed by atoms with E-state index in [-0.39, 0.29) is 20.1 Å². The molecule has 10 aromatic rings. The topological polar surface area (TPSA) is 38.7 Å². The number of pyridine rings is 3. The Balaban J connectivity index is 0.000000233. The second kappa shape index (κ2) is 18.4. The molecule has 0 amide bonds. The molecule has 0 atom stereocenters. The molecule has 0 N–H and O–H groups in total. The third-order valence-electron chi connectivity index (χ3n) is 11.4. The maximum Gasteiger partial charge on any atom is 0.0714 e. The van der Waals surface area contributed by atoms with Crippen molar-refractivity contribution in [3.8, 4) is 67.0 Å². The first-order chi connectivity index (χ1) is 29.8. The first-order valence-corrected chi connectivity index (χ1v) is 20.7. The molecule has 0 aliphatic rings. The van der Waals surface area contributed by atoms with Crippen molar-refractivity contribution < 1.29 is 20.1 Å². The predicted molar refractivity (Wildman–Crippen MR) is 255 cm³/mol. The van der Waals surface area contributed by atoms with E-state index in [2.05, 4.69) is 161 Å². The van der Waals surface area contributed by atoms with Crippen molar-refractivity contribution in [1.82, 2.24) is 15.0 Å². The molecule has 10 rings (SSSR count). The van der Waals surface area contributed by atoms with Gasteiger partial charge in [0.25, 0.3) is 0 Å². The van der Waals surface area contributed by atoms with Crippen LogP contribution in [0.15, 0.2) is 182 Å². The zero-order valence-corrected chi connectivity index (χ0v) is 37.9. The molecule has 7 aromatic carbocycles. The van der Waals surface area contributed by atoms with Gasteiger partial charge in [-0.25, -0.2) is 0 Å². The summed E-state index contributed by atoms with van der Waals surface area (Å²) in [6.45, 7) is 10.7. The zero-order chi connectivity index (χ0) is 41.9. The minimum atomic E-state index is 0. The van der Waals surface area contributed by atoms with Gasteiger partial charge in [0.2, 0.25) is 0 Å². The Labute approximate surface area is 378 Å². The van der Waals surface area contributed by atoms with Gasteiger partial charge in [-0.3, -0.25) is 4.98 Å². The second-order valence-corrected chi connectivity index (χ2v) is 15.9. The molecule has 0 saturated heterocycles. The molecule has 0 bridgehead atoms. The van der Waals surface area contributed by atoms with Gasteiger partial charge < -0.3 is 9.97 Å².